The lowest BCUT2D eigenvalue weighted by Gasteiger charge is -2.35. The standard InChI is InChI=1S/C19H17F3N4O2/c20-19(21,22)16-7-6-15(12-23)17(24-16)25-8-10-26(11-9-25)18(27)28-13-14-4-2-1-3-5-14/h1-7H,8-11,13H2. The molecule has 0 unspecified atom stereocenters. The van der Waals surface area contributed by atoms with Gasteiger partial charge < -0.3 is 14.5 Å². The number of benzene rings is 1. The van der Waals surface area contributed by atoms with Crippen molar-refractivity contribution in [3.05, 3.63) is 59.3 Å². The van der Waals surface area contributed by atoms with Crippen molar-refractivity contribution in [3.63, 3.8) is 0 Å². The summed E-state index contributed by atoms with van der Waals surface area (Å²) in [4.78, 5) is 18.9. The molecule has 146 valence electrons. The van der Waals surface area contributed by atoms with E-state index < -0.39 is 18.0 Å². The van der Waals surface area contributed by atoms with Crippen LogP contribution in [0, 0.1) is 11.3 Å². The average molecular weight is 390 g/mol. The van der Waals surface area contributed by atoms with Crippen molar-refractivity contribution in [2.45, 2.75) is 12.8 Å². The Labute approximate surface area is 159 Å². The second-order valence-corrected chi connectivity index (χ2v) is 6.19. The van der Waals surface area contributed by atoms with E-state index in [1.807, 2.05) is 36.4 Å². The first-order valence-electron chi connectivity index (χ1n) is 8.57. The Balaban J connectivity index is 1.62. The van der Waals surface area contributed by atoms with E-state index in [1.54, 1.807) is 4.90 Å². The summed E-state index contributed by atoms with van der Waals surface area (Å²) >= 11 is 0. The Kier molecular flexibility index (Phi) is 5.68. The molecule has 0 spiro atoms. The van der Waals surface area contributed by atoms with Crippen molar-refractivity contribution in [2.75, 3.05) is 31.1 Å². The molecule has 0 radical (unpaired) electrons. The largest absolute Gasteiger partial charge is 0.445 e. The van der Waals surface area contributed by atoms with Gasteiger partial charge in [0.1, 0.15) is 24.2 Å². The zero-order valence-corrected chi connectivity index (χ0v) is 14.8. The lowest BCUT2D eigenvalue weighted by molar-refractivity contribution is -0.141. The molecule has 0 saturated carbocycles. The monoisotopic (exact) mass is 390 g/mol. The Morgan fingerprint density at radius 2 is 1.79 bits per heavy atom. The number of hydrogen-bond donors (Lipinski definition) is 0. The molecule has 1 aliphatic heterocycles. The van der Waals surface area contributed by atoms with Gasteiger partial charge in [0.05, 0.1) is 5.56 Å². The van der Waals surface area contributed by atoms with Crippen LogP contribution in [0.1, 0.15) is 16.8 Å². The van der Waals surface area contributed by atoms with Crippen LogP contribution in [0.2, 0.25) is 0 Å². The maximum Gasteiger partial charge on any atom is 0.433 e. The van der Waals surface area contributed by atoms with Gasteiger partial charge in [-0.05, 0) is 17.7 Å². The maximum absolute atomic E-state index is 12.9. The molecule has 0 aliphatic carbocycles. The Hall–Kier alpha value is -3.28. The molecule has 0 N–H and O–H groups in total. The average Bonchev–Trinajstić information content (AvgIpc) is 2.71. The fourth-order valence-corrected chi connectivity index (χ4v) is 2.85. The van der Waals surface area contributed by atoms with Crippen LogP contribution >= 0.6 is 0 Å². The normalized spacial score (nSPS) is 14.5. The molecule has 1 fully saturated rings. The third-order valence-electron chi connectivity index (χ3n) is 4.33. The molecule has 2 aromatic rings. The molecule has 1 aromatic carbocycles. The van der Waals surface area contributed by atoms with Crippen molar-refractivity contribution in [1.29, 1.82) is 5.26 Å². The number of ether oxygens (including phenoxy) is 1. The van der Waals surface area contributed by atoms with Crippen LogP contribution in [0.4, 0.5) is 23.8 Å². The van der Waals surface area contributed by atoms with E-state index in [1.165, 1.54) is 4.90 Å². The molecule has 1 aromatic heterocycles. The zero-order valence-electron chi connectivity index (χ0n) is 14.8. The quantitative estimate of drug-likeness (QED) is 0.803. The lowest BCUT2D eigenvalue weighted by atomic mass is 10.2. The number of halogens is 3. The van der Waals surface area contributed by atoms with Gasteiger partial charge in [-0.3, -0.25) is 0 Å². The minimum absolute atomic E-state index is 0.0189. The highest BCUT2D eigenvalue weighted by Crippen LogP contribution is 2.30. The molecule has 6 nitrogen and oxygen atoms in total. The fraction of sp³-hybridized carbons (Fsp3) is 0.316. The van der Waals surface area contributed by atoms with Gasteiger partial charge in [0, 0.05) is 26.2 Å². The van der Waals surface area contributed by atoms with E-state index in [9.17, 15) is 23.2 Å². The van der Waals surface area contributed by atoms with Gasteiger partial charge in [-0.2, -0.15) is 18.4 Å². The zero-order chi connectivity index (χ0) is 20.1. The minimum atomic E-state index is -4.59. The highest BCUT2D eigenvalue weighted by Gasteiger charge is 2.34. The predicted molar refractivity (Wildman–Crippen MR) is 94.4 cm³/mol. The fourth-order valence-electron chi connectivity index (χ4n) is 2.85. The lowest BCUT2D eigenvalue weighted by Crippen LogP contribution is -2.49. The van der Waals surface area contributed by atoms with Gasteiger partial charge in [-0.1, -0.05) is 30.3 Å². The van der Waals surface area contributed by atoms with Gasteiger partial charge in [0.25, 0.3) is 0 Å². The second-order valence-electron chi connectivity index (χ2n) is 6.19. The van der Waals surface area contributed by atoms with E-state index in [0.29, 0.717) is 0 Å². The molecule has 1 amide bonds. The number of nitriles is 1. The number of amides is 1. The highest BCUT2D eigenvalue weighted by atomic mass is 19.4. The number of carbonyl (C=O) groups is 1. The summed E-state index contributed by atoms with van der Waals surface area (Å²) in [5, 5.41) is 9.18. The van der Waals surface area contributed by atoms with Gasteiger partial charge in [-0.15, -0.1) is 0 Å². The number of pyridine rings is 1. The van der Waals surface area contributed by atoms with Crippen LogP contribution in [0.25, 0.3) is 0 Å². The Morgan fingerprint density at radius 3 is 2.39 bits per heavy atom. The molecular weight excluding hydrogens is 373 g/mol. The molecule has 28 heavy (non-hydrogen) atoms. The minimum Gasteiger partial charge on any atom is -0.445 e. The molecular formula is C19H17F3N4O2. The smallest absolute Gasteiger partial charge is 0.433 e. The highest BCUT2D eigenvalue weighted by molar-refractivity contribution is 5.68. The summed E-state index contributed by atoms with van der Waals surface area (Å²) in [6.45, 7) is 1.17. The third kappa shape index (κ3) is 4.52. The van der Waals surface area contributed by atoms with Gasteiger partial charge in [0.15, 0.2) is 0 Å². The summed E-state index contributed by atoms with van der Waals surface area (Å²) in [5.41, 5.74) is -0.124. The van der Waals surface area contributed by atoms with Crippen molar-refractivity contribution < 1.29 is 22.7 Å². The number of carbonyl (C=O) groups excluding carboxylic acids is 1. The third-order valence-corrected chi connectivity index (χ3v) is 4.33. The Bertz CT molecular complexity index is 873. The first-order chi connectivity index (χ1) is 13.4. The van der Waals surface area contributed by atoms with Crippen molar-refractivity contribution >= 4 is 11.9 Å². The number of anilines is 1. The van der Waals surface area contributed by atoms with Crippen molar-refractivity contribution in [2.24, 2.45) is 0 Å². The van der Waals surface area contributed by atoms with E-state index in [0.717, 1.165) is 17.7 Å². The summed E-state index contributed by atoms with van der Waals surface area (Å²) < 4.78 is 44.1. The first-order valence-corrected chi connectivity index (χ1v) is 8.57. The number of piperazine rings is 1. The van der Waals surface area contributed by atoms with E-state index in [4.69, 9.17) is 4.74 Å². The van der Waals surface area contributed by atoms with Crippen molar-refractivity contribution in [3.8, 4) is 6.07 Å². The summed E-state index contributed by atoms with van der Waals surface area (Å²) in [6.07, 6.45) is -5.08. The second kappa shape index (κ2) is 8.17. The molecule has 2 heterocycles. The van der Waals surface area contributed by atoms with Crippen LogP contribution in [0.15, 0.2) is 42.5 Å². The molecule has 1 saturated heterocycles. The number of rotatable bonds is 3. The van der Waals surface area contributed by atoms with Crippen LogP contribution in [0.3, 0.4) is 0 Å². The van der Waals surface area contributed by atoms with Gasteiger partial charge >= 0.3 is 12.3 Å². The van der Waals surface area contributed by atoms with Crippen molar-refractivity contribution in [1.82, 2.24) is 9.88 Å². The topological polar surface area (TPSA) is 69.5 Å². The predicted octanol–water partition coefficient (Wildman–Crippen LogP) is 3.43. The number of alkyl halides is 3. The molecule has 3 rings (SSSR count). The van der Waals surface area contributed by atoms with Gasteiger partial charge in [0.2, 0.25) is 0 Å². The summed E-state index contributed by atoms with van der Waals surface area (Å²) in [7, 11) is 0. The Morgan fingerprint density at radius 1 is 1.11 bits per heavy atom. The first kappa shape index (κ1) is 19.5. The molecule has 1 aliphatic rings. The van der Waals surface area contributed by atoms with E-state index in [2.05, 4.69) is 4.98 Å². The van der Waals surface area contributed by atoms with Crippen LogP contribution in [0.5, 0.6) is 0 Å². The number of nitrogens with zero attached hydrogens (tertiary/aromatic N) is 4. The van der Waals surface area contributed by atoms with Crippen LogP contribution < -0.4 is 4.90 Å². The van der Waals surface area contributed by atoms with E-state index in [-0.39, 0.29) is 44.2 Å². The molecule has 0 bridgehead atoms. The summed E-state index contributed by atoms with van der Waals surface area (Å²) in [6, 6.07) is 13.0. The van der Waals surface area contributed by atoms with Crippen LogP contribution in [-0.2, 0) is 17.5 Å². The summed E-state index contributed by atoms with van der Waals surface area (Å²) in [5.74, 6) is -0.0189. The number of hydrogen-bond acceptors (Lipinski definition) is 5. The maximum atomic E-state index is 12.9. The van der Waals surface area contributed by atoms with E-state index >= 15 is 0 Å². The number of aromatic nitrogens is 1. The molecule has 9 heteroatoms. The SMILES string of the molecule is N#Cc1ccc(C(F)(F)F)nc1N1CCN(C(=O)OCc2ccccc2)CC1. The molecule has 0 atom stereocenters. The van der Waals surface area contributed by atoms with Gasteiger partial charge in [-0.25, -0.2) is 9.78 Å². The van der Waals surface area contributed by atoms with Crippen LogP contribution in [-0.4, -0.2) is 42.2 Å².